The van der Waals surface area contributed by atoms with E-state index < -0.39 is 0 Å². The quantitative estimate of drug-likeness (QED) is 0.836. The van der Waals surface area contributed by atoms with Crippen molar-refractivity contribution in [1.29, 1.82) is 0 Å². The maximum atomic E-state index is 12.7. The molecule has 1 aromatic carbocycles. The molecule has 0 bridgehead atoms. The van der Waals surface area contributed by atoms with Crippen molar-refractivity contribution < 1.29 is 4.39 Å². The maximum absolute atomic E-state index is 12.7. The van der Waals surface area contributed by atoms with Gasteiger partial charge >= 0.3 is 0 Å². The monoisotopic (exact) mass is 221 g/mol. The SMILES string of the molecule is Fc1ccc(CNCc2ccccc2)s1. The van der Waals surface area contributed by atoms with Crippen LogP contribution in [0.1, 0.15) is 10.4 Å². The highest BCUT2D eigenvalue weighted by Gasteiger charge is 1.98. The van der Waals surface area contributed by atoms with Crippen molar-refractivity contribution in [2.75, 3.05) is 0 Å². The van der Waals surface area contributed by atoms with Crippen LogP contribution in [-0.2, 0) is 13.1 Å². The zero-order chi connectivity index (χ0) is 10.5. The average Bonchev–Trinajstić information content (AvgIpc) is 2.66. The van der Waals surface area contributed by atoms with Crippen LogP contribution in [0.2, 0.25) is 0 Å². The Morgan fingerprint density at radius 2 is 1.80 bits per heavy atom. The van der Waals surface area contributed by atoms with Gasteiger partial charge in [0.25, 0.3) is 0 Å². The van der Waals surface area contributed by atoms with Gasteiger partial charge in [-0.3, -0.25) is 0 Å². The van der Waals surface area contributed by atoms with Gasteiger partial charge in [0.05, 0.1) is 0 Å². The van der Waals surface area contributed by atoms with Gasteiger partial charge in [-0.25, -0.2) is 0 Å². The summed E-state index contributed by atoms with van der Waals surface area (Å²) in [6.45, 7) is 1.55. The van der Waals surface area contributed by atoms with E-state index in [1.807, 2.05) is 24.3 Å². The van der Waals surface area contributed by atoms with Gasteiger partial charge < -0.3 is 5.32 Å². The minimum absolute atomic E-state index is 0.119. The van der Waals surface area contributed by atoms with Gasteiger partial charge in [0.1, 0.15) is 0 Å². The fraction of sp³-hybridized carbons (Fsp3) is 0.167. The van der Waals surface area contributed by atoms with Crippen molar-refractivity contribution in [3.8, 4) is 0 Å². The van der Waals surface area contributed by atoms with E-state index in [0.717, 1.165) is 18.0 Å². The molecule has 0 aliphatic rings. The van der Waals surface area contributed by atoms with Crippen molar-refractivity contribution in [1.82, 2.24) is 5.32 Å². The fourth-order valence-electron chi connectivity index (χ4n) is 1.37. The molecule has 0 saturated carbocycles. The molecule has 0 atom stereocenters. The molecule has 1 N–H and O–H groups in total. The second-order valence-electron chi connectivity index (χ2n) is 3.29. The van der Waals surface area contributed by atoms with Crippen LogP contribution >= 0.6 is 11.3 Å². The first-order chi connectivity index (χ1) is 7.34. The molecule has 2 rings (SSSR count). The van der Waals surface area contributed by atoms with Crippen LogP contribution in [0.4, 0.5) is 4.39 Å². The number of hydrogen-bond donors (Lipinski definition) is 1. The van der Waals surface area contributed by atoms with E-state index in [4.69, 9.17) is 0 Å². The van der Waals surface area contributed by atoms with Gasteiger partial charge in [-0.15, -0.1) is 11.3 Å². The van der Waals surface area contributed by atoms with E-state index in [1.165, 1.54) is 23.0 Å². The minimum atomic E-state index is -0.119. The zero-order valence-electron chi connectivity index (χ0n) is 8.24. The molecular weight excluding hydrogens is 209 g/mol. The summed E-state index contributed by atoms with van der Waals surface area (Å²) in [6, 6.07) is 13.5. The molecule has 0 fully saturated rings. The molecule has 0 amide bonds. The highest BCUT2D eigenvalue weighted by Crippen LogP contribution is 2.13. The molecular formula is C12H12FNS. The second kappa shape index (κ2) is 5.05. The number of nitrogens with one attached hydrogen (secondary N) is 1. The van der Waals surface area contributed by atoms with Crippen molar-refractivity contribution in [3.63, 3.8) is 0 Å². The van der Waals surface area contributed by atoms with E-state index in [2.05, 4.69) is 17.4 Å². The predicted octanol–water partition coefficient (Wildman–Crippen LogP) is 3.18. The maximum Gasteiger partial charge on any atom is 0.176 e. The van der Waals surface area contributed by atoms with Crippen LogP contribution < -0.4 is 5.32 Å². The number of benzene rings is 1. The molecule has 1 nitrogen and oxygen atoms in total. The third-order valence-corrected chi connectivity index (χ3v) is 2.97. The van der Waals surface area contributed by atoms with Gasteiger partial charge in [-0.1, -0.05) is 30.3 Å². The van der Waals surface area contributed by atoms with E-state index in [9.17, 15) is 4.39 Å². The number of rotatable bonds is 4. The molecule has 0 radical (unpaired) electrons. The summed E-state index contributed by atoms with van der Waals surface area (Å²) in [5.74, 6) is 0. The second-order valence-corrected chi connectivity index (χ2v) is 4.41. The molecule has 15 heavy (non-hydrogen) atoms. The largest absolute Gasteiger partial charge is 0.308 e. The molecule has 78 valence electrons. The first kappa shape index (κ1) is 10.3. The smallest absolute Gasteiger partial charge is 0.176 e. The highest BCUT2D eigenvalue weighted by molar-refractivity contribution is 7.10. The molecule has 2 aromatic rings. The average molecular weight is 221 g/mol. The fourth-order valence-corrected chi connectivity index (χ4v) is 2.07. The van der Waals surface area contributed by atoms with Gasteiger partial charge in [-0.2, -0.15) is 4.39 Å². The Kier molecular flexibility index (Phi) is 3.48. The van der Waals surface area contributed by atoms with Gasteiger partial charge in [-0.05, 0) is 17.7 Å². The summed E-state index contributed by atoms with van der Waals surface area (Å²) in [4.78, 5) is 1.03. The van der Waals surface area contributed by atoms with Gasteiger partial charge in [0.2, 0.25) is 0 Å². The Labute approximate surface area is 92.6 Å². The van der Waals surface area contributed by atoms with E-state index in [-0.39, 0.29) is 5.13 Å². The molecule has 0 unspecified atom stereocenters. The van der Waals surface area contributed by atoms with Crippen LogP contribution in [-0.4, -0.2) is 0 Å². The van der Waals surface area contributed by atoms with Crippen LogP contribution in [0.5, 0.6) is 0 Å². The summed E-state index contributed by atoms with van der Waals surface area (Å²) < 4.78 is 12.7. The van der Waals surface area contributed by atoms with Crippen LogP contribution in [0.15, 0.2) is 42.5 Å². The molecule has 1 aromatic heterocycles. The van der Waals surface area contributed by atoms with Crippen molar-refractivity contribution in [2.45, 2.75) is 13.1 Å². The summed E-state index contributed by atoms with van der Waals surface area (Å²) in [5.41, 5.74) is 1.24. The van der Waals surface area contributed by atoms with Crippen LogP contribution in [0.25, 0.3) is 0 Å². The predicted molar refractivity (Wildman–Crippen MR) is 61.3 cm³/mol. The first-order valence-corrected chi connectivity index (χ1v) is 5.65. The topological polar surface area (TPSA) is 12.0 Å². The lowest BCUT2D eigenvalue weighted by molar-refractivity contribution is 0.657. The summed E-state index contributed by atoms with van der Waals surface area (Å²) in [7, 11) is 0. The Bertz CT molecular complexity index is 411. The van der Waals surface area contributed by atoms with Crippen molar-refractivity contribution in [2.24, 2.45) is 0 Å². The lowest BCUT2D eigenvalue weighted by Gasteiger charge is -2.02. The number of halogens is 1. The Hall–Kier alpha value is -1.19. The van der Waals surface area contributed by atoms with Gasteiger partial charge in [0.15, 0.2) is 5.13 Å². The molecule has 1 heterocycles. The molecule has 0 aliphatic heterocycles. The third-order valence-electron chi connectivity index (χ3n) is 2.10. The summed E-state index contributed by atoms with van der Waals surface area (Å²) in [5, 5.41) is 3.16. The lowest BCUT2D eigenvalue weighted by Crippen LogP contribution is -2.11. The molecule has 0 aliphatic carbocycles. The standard InChI is InChI=1S/C12H12FNS/c13-12-7-6-11(15-12)9-14-8-10-4-2-1-3-5-10/h1-7,14H,8-9H2. The Balaban J connectivity index is 1.80. The molecule has 0 saturated heterocycles. The normalized spacial score (nSPS) is 10.5. The van der Waals surface area contributed by atoms with E-state index >= 15 is 0 Å². The van der Waals surface area contributed by atoms with Crippen LogP contribution in [0, 0.1) is 5.13 Å². The lowest BCUT2D eigenvalue weighted by atomic mass is 10.2. The van der Waals surface area contributed by atoms with Crippen molar-refractivity contribution >= 4 is 11.3 Å². The first-order valence-electron chi connectivity index (χ1n) is 4.83. The zero-order valence-corrected chi connectivity index (χ0v) is 9.06. The Morgan fingerprint density at radius 3 is 2.47 bits per heavy atom. The highest BCUT2D eigenvalue weighted by atomic mass is 32.1. The van der Waals surface area contributed by atoms with Crippen molar-refractivity contribution in [3.05, 3.63) is 58.0 Å². The molecule has 3 heteroatoms. The van der Waals surface area contributed by atoms with Crippen LogP contribution in [0.3, 0.4) is 0 Å². The number of hydrogen-bond acceptors (Lipinski definition) is 2. The number of thiophene rings is 1. The van der Waals surface area contributed by atoms with Gasteiger partial charge in [0, 0.05) is 18.0 Å². The minimum Gasteiger partial charge on any atom is -0.308 e. The summed E-state index contributed by atoms with van der Waals surface area (Å²) in [6.07, 6.45) is 0. The molecule has 0 spiro atoms. The van der Waals surface area contributed by atoms with E-state index in [1.54, 1.807) is 0 Å². The third kappa shape index (κ3) is 3.15. The van der Waals surface area contributed by atoms with E-state index in [0.29, 0.717) is 0 Å². The summed E-state index contributed by atoms with van der Waals surface area (Å²) >= 11 is 1.19. The Morgan fingerprint density at radius 1 is 1.00 bits per heavy atom.